The first-order valence-corrected chi connectivity index (χ1v) is 5.89. The second kappa shape index (κ2) is 3.33. The third-order valence-corrected chi connectivity index (χ3v) is 4.24. The van der Waals surface area contributed by atoms with Gasteiger partial charge in [0.15, 0.2) is 0 Å². The Kier molecular flexibility index (Phi) is 2.41. The van der Waals surface area contributed by atoms with Crippen molar-refractivity contribution < 1.29 is 4.79 Å². The molecule has 1 unspecified atom stereocenters. The lowest BCUT2D eigenvalue weighted by Crippen LogP contribution is -2.43. The molecule has 0 aliphatic heterocycles. The molecule has 0 amide bonds. The monoisotopic (exact) mass is 300 g/mol. The molecule has 1 saturated carbocycles. The van der Waals surface area contributed by atoms with Crippen LogP contribution in [0.5, 0.6) is 0 Å². The van der Waals surface area contributed by atoms with Crippen LogP contribution in [0.2, 0.25) is 0 Å². The van der Waals surface area contributed by atoms with Crippen LogP contribution in [0.15, 0.2) is 24.3 Å². The number of rotatable bonds is 1. The summed E-state index contributed by atoms with van der Waals surface area (Å²) in [7, 11) is 0. The molecule has 14 heavy (non-hydrogen) atoms. The molecule has 2 heteroatoms. The van der Waals surface area contributed by atoms with Crippen molar-refractivity contribution in [3.63, 3.8) is 0 Å². The molecule has 74 valence electrons. The molecule has 2 rings (SSSR count). The standard InChI is InChI=1S/C12H13IO/c1-12(2)9(7-11(12)14)8-5-3-4-6-10(8)13/h3-6,9H,7H2,1-2H3. The molecule has 0 saturated heterocycles. The van der Waals surface area contributed by atoms with E-state index in [4.69, 9.17) is 0 Å². The molecule has 1 aliphatic rings. The summed E-state index contributed by atoms with van der Waals surface area (Å²) in [6, 6.07) is 8.34. The molecular weight excluding hydrogens is 287 g/mol. The Hall–Kier alpha value is -0.380. The van der Waals surface area contributed by atoms with Crippen LogP contribution in [0.1, 0.15) is 31.7 Å². The van der Waals surface area contributed by atoms with Crippen LogP contribution in [0.25, 0.3) is 0 Å². The normalized spacial score (nSPS) is 24.5. The Balaban J connectivity index is 2.35. The lowest BCUT2D eigenvalue weighted by molar-refractivity contribution is -0.138. The van der Waals surface area contributed by atoms with E-state index in [0.29, 0.717) is 18.1 Å². The van der Waals surface area contributed by atoms with Crippen molar-refractivity contribution in [2.24, 2.45) is 5.41 Å². The molecule has 1 atom stereocenters. The van der Waals surface area contributed by atoms with Gasteiger partial charge in [-0.1, -0.05) is 32.0 Å². The third-order valence-electron chi connectivity index (χ3n) is 3.26. The van der Waals surface area contributed by atoms with Crippen LogP contribution < -0.4 is 0 Å². The average molecular weight is 300 g/mol. The van der Waals surface area contributed by atoms with E-state index < -0.39 is 0 Å². The smallest absolute Gasteiger partial charge is 0.139 e. The van der Waals surface area contributed by atoms with Gasteiger partial charge in [0, 0.05) is 21.3 Å². The van der Waals surface area contributed by atoms with Crippen LogP contribution in [0.4, 0.5) is 0 Å². The topological polar surface area (TPSA) is 17.1 Å². The Bertz CT molecular complexity index is 382. The minimum atomic E-state index is -0.152. The number of hydrogen-bond acceptors (Lipinski definition) is 1. The van der Waals surface area contributed by atoms with Gasteiger partial charge in [-0.2, -0.15) is 0 Å². The summed E-state index contributed by atoms with van der Waals surface area (Å²) in [4.78, 5) is 11.4. The molecule has 1 aliphatic carbocycles. The number of carbonyl (C=O) groups excluding carboxylic acids is 1. The highest BCUT2D eigenvalue weighted by atomic mass is 127. The van der Waals surface area contributed by atoms with E-state index in [1.165, 1.54) is 9.13 Å². The Morgan fingerprint density at radius 2 is 2.00 bits per heavy atom. The Morgan fingerprint density at radius 1 is 1.36 bits per heavy atom. The Labute approximate surface area is 98.0 Å². The molecule has 0 radical (unpaired) electrons. The zero-order valence-corrected chi connectivity index (χ0v) is 10.5. The van der Waals surface area contributed by atoms with E-state index >= 15 is 0 Å². The molecule has 0 N–H and O–H groups in total. The molecule has 1 nitrogen and oxygen atoms in total. The van der Waals surface area contributed by atoms with Crippen LogP contribution in [0, 0.1) is 8.99 Å². The van der Waals surface area contributed by atoms with Gasteiger partial charge in [0.05, 0.1) is 0 Å². The summed E-state index contributed by atoms with van der Waals surface area (Å²) >= 11 is 2.35. The van der Waals surface area contributed by atoms with E-state index in [9.17, 15) is 4.79 Å². The lowest BCUT2D eigenvalue weighted by atomic mass is 9.59. The highest BCUT2D eigenvalue weighted by Crippen LogP contribution is 2.50. The summed E-state index contributed by atoms with van der Waals surface area (Å²) in [5, 5.41) is 0. The molecule has 0 aromatic heterocycles. The number of benzene rings is 1. The van der Waals surface area contributed by atoms with Gasteiger partial charge in [0.25, 0.3) is 0 Å². The molecule has 0 spiro atoms. The first-order valence-electron chi connectivity index (χ1n) is 4.81. The quantitative estimate of drug-likeness (QED) is 0.727. The van der Waals surface area contributed by atoms with Crippen molar-refractivity contribution in [3.05, 3.63) is 33.4 Å². The zero-order valence-electron chi connectivity index (χ0n) is 8.38. The Morgan fingerprint density at radius 3 is 2.50 bits per heavy atom. The van der Waals surface area contributed by atoms with E-state index in [1.807, 2.05) is 19.9 Å². The van der Waals surface area contributed by atoms with Gasteiger partial charge in [-0.25, -0.2) is 0 Å². The van der Waals surface area contributed by atoms with E-state index in [-0.39, 0.29) is 5.41 Å². The van der Waals surface area contributed by atoms with Crippen LogP contribution >= 0.6 is 22.6 Å². The maximum atomic E-state index is 11.4. The maximum Gasteiger partial charge on any atom is 0.139 e. The summed E-state index contributed by atoms with van der Waals surface area (Å²) in [5.74, 6) is 0.810. The summed E-state index contributed by atoms with van der Waals surface area (Å²) in [6.45, 7) is 4.10. The maximum absolute atomic E-state index is 11.4. The van der Waals surface area contributed by atoms with Crippen molar-refractivity contribution in [2.45, 2.75) is 26.2 Å². The molecule has 1 aromatic carbocycles. The average Bonchev–Trinajstić information content (AvgIpc) is 2.16. The minimum Gasteiger partial charge on any atom is -0.299 e. The van der Waals surface area contributed by atoms with Gasteiger partial charge in [-0.05, 0) is 34.2 Å². The molecule has 0 heterocycles. The highest BCUT2D eigenvalue weighted by Gasteiger charge is 2.48. The van der Waals surface area contributed by atoms with Crippen molar-refractivity contribution in [3.8, 4) is 0 Å². The van der Waals surface area contributed by atoms with Crippen LogP contribution in [-0.2, 0) is 4.79 Å². The minimum absolute atomic E-state index is 0.152. The second-order valence-corrected chi connectivity index (χ2v) is 5.59. The summed E-state index contributed by atoms with van der Waals surface area (Å²) < 4.78 is 1.27. The fourth-order valence-corrected chi connectivity index (χ4v) is 2.79. The van der Waals surface area contributed by atoms with E-state index in [1.54, 1.807) is 0 Å². The van der Waals surface area contributed by atoms with E-state index in [2.05, 4.69) is 40.8 Å². The lowest BCUT2D eigenvalue weighted by Gasteiger charge is -2.43. The first kappa shape index (κ1) is 10.1. The van der Waals surface area contributed by atoms with E-state index in [0.717, 1.165) is 0 Å². The summed E-state index contributed by atoms with van der Waals surface area (Å²) in [5.41, 5.74) is 1.18. The molecule has 1 aromatic rings. The fraction of sp³-hybridized carbons (Fsp3) is 0.417. The van der Waals surface area contributed by atoms with Gasteiger partial charge in [0.1, 0.15) is 5.78 Å². The van der Waals surface area contributed by atoms with Gasteiger partial charge >= 0.3 is 0 Å². The number of hydrogen-bond donors (Lipinski definition) is 0. The van der Waals surface area contributed by atoms with Crippen LogP contribution in [-0.4, -0.2) is 5.78 Å². The first-order chi connectivity index (χ1) is 6.53. The molecule has 0 bridgehead atoms. The van der Waals surface area contributed by atoms with Gasteiger partial charge in [-0.3, -0.25) is 4.79 Å². The molecule has 1 fully saturated rings. The van der Waals surface area contributed by atoms with Gasteiger partial charge < -0.3 is 0 Å². The van der Waals surface area contributed by atoms with Gasteiger partial charge in [-0.15, -0.1) is 0 Å². The van der Waals surface area contributed by atoms with Crippen molar-refractivity contribution >= 4 is 28.4 Å². The zero-order chi connectivity index (χ0) is 10.3. The predicted octanol–water partition coefficient (Wildman–Crippen LogP) is 3.37. The van der Waals surface area contributed by atoms with Gasteiger partial charge in [0.2, 0.25) is 0 Å². The van der Waals surface area contributed by atoms with Crippen LogP contribution in [0.3, 0.4) is 0 Å². The predicted molar refractivity (Wildman–Crippen MR) is 65.3 cm³/mol. The summed E-state index contributed by atoms with van der Waals surface area (Å²) in [6.07, 6.45) is 0.715. The third kappa shape index (κ3) is 1.40. The van der Waals surface area contributed by atoms with Crippen molar-refractivity contribution in [1.82, 2.24) is 0 Å². The number of halogens is 1. The SMILES string of the molecule is CC1(C)C(=O)CC1c1ccccc1I. The molecular formula is C12H13IO. The number of ketones is 1. The number of carbonyl (C=O) groups is 1. The van der Waals surface area contributed by atoms with Crippen molar-refractivity contribution in [2.75, 3.05) is 0 Å². The number of Topliss-reactive ketones (excluding diaryl/α,β-unsaturated/α-hetero) is 1. The largest absolute Gasteiger partial charge is 0.299 e. The highest BCUT2D eigenvalue weighted by molar-refractivity contribution is 14.1. The van der Waals surface area contributed by atoms with Crippen molar-refractivity contribution in [1.29, 1.82) is 0 Å². The fourth-order valence-electron chi connectivity index (χ4n) is 2.02. The second-order valence-electron chi connectivity index (χ2n) is 4.42.